The molecule has 0 aliphatic carbocycles. The monoisotopic (exact) mass is 359 g/mol. The lowest BCUT2D eigenvalue weighted by Gasteiger charge is -2.10. The highest BCUT2D eigenvalue weighted by Gasteiger charge is 2.09. The molecular weight excluding hydrogens is 345 g/mol. The smallest absolute Gasteiger partial charge is 0.140 e. The first-order chi connectivity index (χ1) is 10.7. The van der Waals surface area contributed by atoms with Crippen LogP contribution in [0.5, 0.6) is 0 Å². The van der Waals surface area contributed by atoms with Gasteiger partial charge in [-0.25, -0.2) is 9.37 Å². The summed E-state index contributed by atoms with van der Waals surface area (Å²) in [7, 11) is 0. The molecular formula is C17H15BrFN3. The Morgan fingerprint density at radius 2 is 1.95 bits per heavy atom. The molecule has 2 N–H and O–H groups in total. The first kappa shape index (κ1) is 14.9. The number of halogens is 2. The second-order valence-electron chi connectivity index (χ2n) is 5.06. The van der Waals surface area contributed by atoms with Crippen molar-refractivity contribution in [2.75, 3.05) is 0 Å². The first-order valence-corrected chi connectivity index (χ1v) is 7.70. The lowest BCUT2D eigenvalue weighted by molar-refractivity contribution is 0.627. The second kappa shape index (κ2) is 6.42. The van der Waals surface area contributed by atoms with Crippen LogP contribution in [-0.2, 0) is 13.1 Å². The van der Waals surface area contributed by atoms with Crippen LogP contribution >= 0.6 is 15.9 Å². The van der Waals surface area contributed by atoms with E-state index in [1.165, 1.54) is 12.1 Å². The Kier molecular flexibility index (Phi) is 4.36. The summed E-state index contributed by atoms with van der Waals surface area (Å²) in [6.07, 6.45) is 3.62. The fourth-order valence-electron chi connectivity index (χ4n) is 2.43. The van der Waals surface area contributed by atoms with Crippen LogP contribution in [0.2, 0.25) is 0 Å². The van der Waals surface area contributed by atoms with Crippen molar-refractivity contribution in [3.63, 3.8) is 0 Å². The van der Waals surface area contributed by atoms with Crippen LogP contribution < -0.4 is 5.73 Å². The van der Waals surface area contributed by atoms with E-state index in [2.05, 4.69) is 27.0 Å². The lowest BCUT2D eigenvalue weighted by Crippen LogP contribution is -2.03. The van der Waals surface area contributed by atoms with Crippen LogP contribution in [0.25, 0.3) is 11.4 Å². The number of benzene rings is 2. The van der Waals surface area contributed by atoms with E-state index in [1.54, 1.807) is 6.20 Å². The fourth-order valence-corrected chi connectivity index (χ4v) is 2.90. The summed E-state index contributed by atoms with van der Waals surface area (Å²) < 4.78 is 16.3. The maximum atomic E-state index is 13.6. The summed E-state index contributed by atoms with van der Waals surface area (Å²) in [4.78, 5) is 4.36. The number of hydrogen-bond acceptors (Lipinski definition) is 2. The van der Waals surface area contributed by atoms with Gasteiger partial charge in [0, 0.05) is 35.5 Å². The third-order valence-corrected chi connectivity index (χ3v) is 3.87. The Labute approximate surface area is 136 Å². The zero-order valence-electron chi connectivity index (χ0n) is 11.8. The molecule has 3 aromatic rings. The largest absolute Gasteiger partial charge is 0.327 e. The zero-order chi connectivity index (χ0) is 15.5. The summed E-state index contributed by atoms with van der Waals surface area (Å²) in [5.41, 5.74) is 8.65. The number of nitrogens with zero attached hydrogens (tertiary/aromatic N) is 2. The molecule has 5 heteroatoms. The molecule has 22 heavy (non-hydrogen) atoms. The molecule has 0 spiro atoms. The number of aromatic nitrogens is 2. The molecule has 3 nitrogen and oxygen atoms in total. The van der Waals surface area contributed by atoms with Crippen molar-refractivity contribution >= 4 is 15.9 Å². The van der Waals surface area contributed by atoms with Crippen molar-refractivity contribution in [2.24, 2.45) is 5.73 Å². The summed E-state index contributed by atoms with van der Waals surface area (Å²) >= 11 is 3.32. The Morgan fingerprint density at radius 1 is 1.14 bits per heavy atom. The highest BCUT2D eigenvalue weighted by Crippen LogP contribution is 2.24. The molecule has 0 amide bonds. The summed E-state index contributed by atoms with van der Waals surface area (Å²) in [5.74, 6) is 0.447. The van der Waals surface area contributed by atoms with Crippen molar-refractivity contribution in [1.29, 1.82) is 0 Å². The molecule has 112 valence electrons. The van der Waals surface area contributed by atoms with Crippen LogP contribution in [0.15, 0.2) is 59.3 Å². The minimum Gasteiger partial charge on any atom is -0.327 e. The van der Waals surface area contributed by atoms with Gasteiger partial charge in [-0.05, 0) is 29.3 Å². The summed E-state index contributed by atoms with van der Waals surface area (Å²) in [6.45, 7) is 1.18. The third-order valence-electron chi connectivity index (χ3n) is 3.42. The van der Waals surface area contributed by atoms with Crippen LogP contribution in [0.1, 0.15) is 11.1 Å². The maximum absolute atomic E-state index is 13.6. The van der Waals surface area contributed by atoms with Gasteiger partial charge in [0.05, 0.1) is 0 Å². The van der Waals surface area contributed by atoms with Gasteiger partial charge in [-0.15, -0.1) is 0 Å². The van der Waals surface area contributed by atoms with Crippen LogP contribution in [0.3, 0.4) is 0 Å². The van der Waals surface area contributed by atoms with Crippen molar-refractivity contribution in [3.8, 4) is 11.4 Å². The predicted molar refractivity (Wildman–Crippen MR) is 88.8 cm³/mol. The van der Waals surface area contributed by atoms with Crippen molar-refractivity contribution in [2.45, 2.75) is 13.1 Å². The average Bonchev–Trinajstić information content (AvgIpc) is 2.94. The molecule has 0 fully saturated rings. The van der Waals surface area contributed by atoms with E-state index >= 15 is 0 Å². The van der Waals surface area contributed by atoms with E-state index in [9.17, 15) is 4.39 Å². The molecule has 0 saturated heterocycles. The maximum Gasteiger partial charge on any atom is 0.140 e. The van der Waals surface area contributed by atoms with Gasteiger partial charge in [-0.3, -0.25) is 0 Å². The second-order valence-corrected chi connectivity index (χ2v) is 5.98. The standard InChI is InChI=1S/C17H15BrFN3/c18-15-7-14(8-16(19)9-15)17-21-4-5-22(17)11-13-3-1-2-12(6-13)10-20/h1-9H,10-11,20H2. The molecule has 1 heterocycles. The van der Waals surface area contributed by atoms with E-state index in [0.29, 0.717) is 17.6 Å². The van der Waals surface area contributed by atoms with Gasteiger partial charge < -0.3 is 10.3 Å². The van der Waals surface area contributed by atoms with Gasteiger partial charge in [-0.1, -0.05) is 40.2 Å². The molecule has 0 aliphatic heterocycles. The number of nitrogens with two attached hydrogens (primary N) is 1. The molecule has 0 aliphatic rings. The number of rotatable bonds is 4. The lowest BCUT2D eigenvalue weighted by atomic mass is 10.1. The van der Waals surface area contributed by atoms with Gasteiger partial charge in [-0.2, -0.15) is 0 Å². The Morgan fingerprint density at radius 3 is 2.73 bits per heavy atom. The Hall–Kier alpha value is -1.98. The van der Waals surface area contributed by atoms with Crippen LogP contribution in [0, 0.1) is 5.82 Å². The molecule has 2 aromatic carbocycles. The minimum absolute atomic E-state index is 0.288. The first-order valence-electron chi connectivity index (χ1n) is 6.91. The topological polar surface area (TPSA) is 43.8 Å². The number of imidazole rings is 1. The summed E-state index contributed by atoms with van der Waals surface area (Å²) in [6, 6.07) is 12.9. The SMILES string of the molecule is NCc1cccc(Cn2ccnc2-c2cc(F)cc(Br)c2)c1. The van der Waals surface area contributed by atoms with Gasteiger partial charge in [0.2, 0.25) is 0 Å². The average molecular weight is 360 g/mol. The molecule has 0 radical (unpaired) electrons. The molecule has 3 rings (SSSR count). The molecule has 0 bridgehead atoms. The van der Waals surface area contributed by atoms with Gasteiger partial charge in [0.15, 0.2) is 0 Å². The van der Waals surface area contributed by atoms with Crippen molar-refractivity contribution in [3.05, 3.63) is 76.3 Å². The Bertz CT molecular complexity index is 778. The molecule has 0 saturated carbocycles. The Balaban J connectivity index is 1.94. The van der Waals surface area contributed by atoms with Gasteiger partial charge in [0.25, 0.3) is 0 Å². The van der Waals surface area contributed by atoms with E-state index in [-0.39, 0.29) is 5.82 Å². The zero-order valence-corrected chi connectivity index (χ0v) is 13.4. The van der Waals surface area contributed by atoms with Gasteiger partial charge in [0.1, 0.15) is 11.6 Å². The highest BCUT2D eigenvalue weighted by molar-refractivity contribution is 9.10. The van der Waals surface area contributed by atoms with E-state index in [4.69, 9.17) is 5.73 Å². The fraction of sp³-hybridized carbons (Fsp3) is 0.118. The quantitative estimate of drug-likeness (QED) is 0.766. The van der Waals surface area contributed by atoms with Crippen molar-refractivity contribution < 1.29 is 4.39 Å². The third kappa shape index (κ3) is 3.26. The highest BCUT2D eigenvalue weighted by atomic mass is 79.9. The minimum atomic E-state index is -0.288. The van der Waals surface area contributed by atoms with E-state index < -0.39 is 0 Å². The van der Waals surface area contributed by atoms with Crippen molar-refractivity contribution in [1.82, 2.24) is 9.55 Å². The predicted octanol–water partition coefficient (Wildman–Crippen LogP) is 3.96. The van der Waals surface area contributed by atoms with Crippen LogP contribution in [-0.4, -0.2) is 9.55 Å². The molecule has 0 unspecified atom stereocenters. The van der Waals surface area contributed by atoms with E-state index in [0.717, 1.165) is 22.5 Å². The van der Waals surface area contributed by atoms with Gasteiger partial charge >= 0.3 is 0 Å². The van der Waals surface area contributed by atoms with E-state index in [1.807, 2.05) is 35.0 Å². The normalized spacial score (nSPS) is 10.9. The summed E-state index contributed by atoms with van der Waals surface area (Å²) in [5, 5.41) is 0. The number of hydrogen-bond donors (Lipinski definition) is 1. The van der Waals surface area contributed by atoms with Crippen LogP contribution in [0.4, 0.5) is 4.39 Å². The molecule has 0 atom stereocenters. The molecule has 1 aromatic heterocycles.